The zero-order chi connectivity index (χ0) is 18.8. The van der Waals surface area contributed by atoms with Crippen molar-refractivity contribution in [2.75, 3.05) is 31.6 Å². The van der Waals surface area contributed by atoms with Gasteiger partial charge in [-0.25, -0.2) is 0 Å². The van der Waals surface area contributed by atoms with E-state index in [9.17, 15) is 4.79 Å². The van der Waals surface area contributed by atoms with Crippen LogP contribution in [0.4, 0.5) is 5.69 Å². The molecule has 26 heavy (non-hydrogen) atoms. The van der Waals surface area contributed by atoms with Crippen molar-refractivity contribution in [2.24, 2.45) is 0 Å². The summed E-state index contributed by atoms with van der Waals surface area (Å²) in [5.41, 5.74) is 1.97. The topological polar surface area (TPSA) is 50.8 Å². The van der Waals surface area contributed by atoms with Crippen LogP contribution in [-0.2, 0) is 11.3 Å². The summed E-state index contributed by atoms with van der Waals surface area (Å²) in [5.74, 6) is 1.24. The molecule has 2 rings (SSSR count). The summed E-state index contributed by atoms with van der Waals surface area (Å²) in [6, 6.07) is 15.2. The maximum atomic E-state index is 12.1. The smallest absolute Gasteiger partial charge is 0.262 e. The summed E-state index contributed by atoms with van der Waals surface area (Å²) in [5, 5.41) is 2.89. The van der Waals surface area contributed by atoms with Crippen molar-refractivity contribution in [3.8, 4) is 11.5 Å². The molecule has 0 saturated carbocycles. The van der Waals surface area contributed by atoms with E-state index in [2.05, 4.69) is 30.1 Å². The molecule has 0 aliphatic carbocycles. The molecule has 0 aromatic heterocycles. The number of benzene rings is 2. The summed E-state index contributed by atoms with van der Waals surface area (Å²) in [7, 11) is 0. The van der Waals surface area contributed by atoms with Crippen molar-refractivity contribution in [3.05, 3.63) is 54.1 Å². The highest BCUT2D eigenvalue weighted by atomic mass is 16.5. The van der Waals surface area contributed by atoms with Crippen molar-refractivity contribution in [1.82, 2.24) is 4.90 Å². The van der Waals surface area contributed by atoms with Gasteiger partial charge in [-0.1, -0.05) is 26.0 Å². The lowest BCUT2D eigenvalue weighted by Gasteiger charge is -2.18. The summed E-state index contributed by atoms with van der Waals surface area (Å²) >= 11 is 0. The number of ether oxygens (including phenoxy) is 2. The van der Waals surface area contributed by atoms with Gasteiger partial charge in [-0.05, 0) is 62.0 Å². The average molecular weight is 356 g/mol. The molecule has 5 heteroatoms. The van der Waals surface area contributed by atoms with Crippen molar-refractivity contribution >= 4 is 11.6 Å². The lowest BCUT2D eigenvalue weighted by atomic mass is 10.2. The Bertz CT molecular complexity index is 682. The molecule has 0 bridgehead atoms. The molecule has 2 aromatic rings. The fourth-order valence-corrected chi connectivity index (χ4v) is 2.60. The van der Waals surface area contributed by atoms with Gasteiger partial charge in [-0.15, -0.1) is 0 Å². The molecule has 0 unspecified atom stereocenters. The molecule has 0 atom stereocenters. The van der Waals surface area contributed by atoms with Crippen LogP contribution in [0.3, 0.4) is 0 Å². The van der Waals surface area contributed by atoms with E-state index in [1.807, 2.05) is 37.3 Å². The molecule has 5 nitrogen and oxygen atoms in total. The number of hydrogen-bond donors (Lipinski definition) is 1. The van der Waals surface area contributed by atoms with Crippen LogP contribution in [0, 0.1) is 0 Å². The molecule has 2 aromatic carbocycles. The monoisotopic (exact) mass is 356 g/mol. The molecular formula is C21H28N2O3. The molecule has 0 heterocycles. The van der Waals surface area contributed by atoms with Crippen LogP contribution >= 0.6 is 0 Å². The summed E-state index contributed by atoms with van der Waals surface area (Å²) in [6.45, 7) is 9.70. The number of carbonyl (C=O) groups is 1. The van der Waals surface area contributed by atoms with Crippen molar-refractivity contribution in [2.45, 2.75) is 27.3 Å². The second-order valence-corrected chi connectivity index (χ2v) is 5.90. The molecule has 0 saturated heterocycles. The van der Waals surface area contributed by atoms with Crippen LogP contribution in [0.1, 0.15) is 26.3 Å². The van der Waals surface area contributed by atoms with Crippen LogP contribution in [-0.4, -0.2) is 37.1 Å². The van der Waals surface area contributed by atoms with Crippen molar-refractivity contribution < 1.29 is 14.3 Å². The molecule has 0 aliphatic rings. The third-order valence-electron chi connectivity index (χ3n) is 4.02. The second-order valence-electron chi connectivity index (χ2n) is 5.90. The molecule has 140 valence electrons. The van der Waals surface area contributed by atoms with Crippen LogP contribution in [0.25, 0.3) is 0 Å². The number of nitrogens with one attached hydrogen (secondary N) is 1. The summed E-state index contributed by atoms with van der Waals surface area (Å²) in [6.07, 6.45) is 0. The lowest BCUT2D eigenvalue weighted by Crippen LogP contribution is -2.22. The highest BCUT2D eigenvalue weighted by Crippen LogP contribution is 2.18. The van der Waals surface area contributed by atoms with Crippen LogP contribution in [0.2, 0.25) is 0 Å². The molecular weight excluding hydrogens is 328 g/mol. The predicted octanol–water partition coefficient (Wildman–Crippen LogP) is 3.94. The first-order chi connectivity index (χ1) is 12.6. The van der Waals surface area contributed by atoms with Crippen molar-refractivity contribution in [1.29, 1.82) is 0 Å². The fraction of sp³-hybridized carbons (Fsp3) is 0.381. The molecule has 0 radical (unpaired) electrons. The number of nitrogens with zero attached hydrogens (tertiary/aromatic N) is 1. The Hall–Kier alpha value is -2.53. The number of rotatable bonds is 10. The average Bonchev–Trinajstić information content (AvgIpc) is 2.66. The Morgan fingerprint density at radius 1 is 0.962 bits per heavy atom. The number of carbonyl (C=O) groups excluding carboxylic acids is 1. The van der Waals surface area contributed by atoms with E-state index < -0.39 is 0 Å². The maximum Gasteiger partial charge on any atom is 0.262 e. The van der Waals surface area contributed by atoms with Gasteiger partial charge in [-0.3, -0.25) is 9.69 Å². The van der Waals surface area contributed by atoms with E-state index in [-0.39, 0.29) is 12.5 Å². The first-order valence-electron chi connectivity index (χ1n) is 9.11. The summed E-state index contributed by atoms with van der Waals surface area (Å²) < 4.78 is 10.9. The lowest BCUT2D eigenvalue weighted by molar-refractivity contribution is -0.118. The number of amides is 1. The van der Waals surface area contributed by atoms with Gasteiger partial charge in [0.15, 0.2) is 6.61 Å². The molecule has 1 N–H and O–H groups in total. The Labute approximate surface area is 155 Å². The first-order valence-corrected chi connectivity index (χ1v) is 9.11. The SMILES string of the molecule is CCOc1ccc(OCC(=O)Nc2cccc(CN(CC)CC)c2)cc1. The Balaban J connectivity index is 1.85. The quantitative estimate of drug-likeness (QED) is 0.700. The fourth-order valence-electron chi connectivity index (χ4n) is 2.60. The second kappa shape index (κ2) is 10.5. The van der Waals surface area contributed by atoms with E-state index in [4.69, 9.17) is 9.47 Å². The zero-order valence-electron chi connectivity index (χ0n) is 15.8. The van der Waals surface area contributed by atoms with Crippen LogP contribution in [0.5, 0.6) is 11.5 Å². The minimum absolute atomic E-state index is 0.0335. The Morgan fingerprint density at radius 3 is 2.23 bits per heavy atom. The largest absolute Gasteiger partial charge is 0.494 e. The van der Waals surface area contributed by atoms with Gasteiger partial charge in [0, 0.05) is 12.2 Å². The maximum absolute atomic E-state index is 12.1. The van der Waals surface area contributed by atoms with Gasteiger partial charge in [0.2, 0.25) is 0 Å². The molecule has 0 spiro atoms. The summed E-state index contributed by atoms with van der Waals surface area (Å²) in [4.78, 5) is 14.5. The third-order valence-corrected chi connectivity index (χ3v) is 4.02. The van der Waals surface area contributed by atoms with Crippen LogP contribution in [0.15, 0.2) is 48.5 Å². The van der Waals surface area contributed by atoms with Gasteiger partial charge >= 0.3 is 0 Å². The Morgan fingerprint density at radius 2 is 1.62 bits per heavy atom. The molecule has 0 fully saturated rings. The normalized spacial score (nSPS) is 10.6. The zero-order valence-corrected chi connectivity index (χ0v) is 15.8. The van der Waals surface area contributed by atoms with Gasteiger partial charge < -0.3 is 14.8 Å². The van der Waals surface area contributed by atoms with Gasteiger partial charge in [0.05, 0.1) is 6.61 Å². The van der Waals surface area contributed by atoms with Gasteiger partial charge in [-0.2, -0.15) is 0 Å². The van der Waals surface area contributed by atoms with E-state index in [1.165, 1.54) is 5.56 Å². The van der Waals surface area contributed by atoms with Crippen molar-refractivity contribution in [3.63, 3.8) is 0 Å². The minimum atomic E-state index is -0.182. The number of anilines is 1. The highest BCUT2D eigenvalue weighted by Gasteiger charge is 2.06. The Kier molecular flexibility index (Phi) is 7.96. The molecule has 1 amide bonds. The highest BCUT2D eigenvalue weighted by molar-refractivity contribution is 5.91. The number of hydrogen-bond acceptors (Lipinski definition) is 4. The van der Waals surface area contributed by atoms with E-state index >= 15 is 0 Å². The molecule has 0 aliphatic heterocycles. The van der Waals surface area contributed by atoms with Gasteiger partial charge in [0.1, 0.15) is 11.5 Å². The first kappa shape index (κ1) is 19.8. The van der Waals surface area contributed by atoms with E-state index in [0.29, 0.717) is 12.4 Å². The predicted molar refractivity (Wildman–Crippen MR) is 105 cm³/mol. The van der Waals surface area contributed by atoms with E-state index in [1.54, 1.807) is 12.1 Å². The third kappa shape index (κ3) is 6.41. The standard InChI is InChI=1S/C21H28N2O3/c1-4-23(5-2)15-17-8-7-9-18(14-17)22-21(24)16-26-20-12-10-19(11-13-20)25-6-3/h7-14H,4-6,15-16H2,1-3H3,(H,22,24). The minimum Gasteiger partial charge on any atom is -0.494 e. The van der Waals surface area contributed by atoms with Crippen LogP contribution < -0.4 is 14.8 Å². The van der Waals surface area contributed by atoms with E-state index in [0.717, 1.165) is 31.1 Å². The van der Waals surface area contributed by atoms with Gasteiger partial charge in [0.25, 0.3) is 5.91 Å².